The van der Waals surface area contributed by atoms with Gasteiger partial charge < -0.3 is 10.6 Å². The summed E-state index contributed by atoms with van der Waals surface area (Å²) in [6.45, 7) is 6.31. The van der Waals surface area contributed by atoms with Crippen LogP contribution in [0, 0.1) is 5.92 Å². The third-order valence-electron chi connectivity index (χ3n) is 3.90. The molecule has 2 N–H and O–H groups in total. The van der Waals surface area contributed by atoms with E-state index in [1.165, 1.54) is 12.8 Å². The van der Waals surface area contributed by atoms with Gasteiger partial charge in [-0.1, -0.05) is 0 Å². The smallest absolute Gasteiger partial charge is 0.239 e. The maximum atomic E-state index is 12.2. The molecule has 2 amide bonds. The Kier molecular flexibility index (Phi) is 5.76. The summed E-state index contributed by atoms with van der Waals surface area (Å²) >= 11 is 0. The summed E-state index contributed by atoms with van der Waals surface area (Å²) < 4.78 is 1.88. The minimum Gasteiger partial charge on any atom is -0.353 e. The van der Waals surface area contributed by atoms with Gasteiger partial charge in [0.2, 0.25) is 11.8 Å². The van der Waals surface area contributed by atoms with Gasteiger partial charge in [0, 0.05) is 12.1 Å². The van der Waals surface area contributed by atoms with E-state index < -0.39 is 0 Å². The number of amides is 2. The molecule has 0 bridgehead atoms. The van der Waals surface area contributed by atoms with Crippen molar-refractivity contribution in [1.82, 2.24) is 20.0 Å². The van der Waals surface area contributed by atoms with Gasteiger partial charge in [-0.05, 0) is 46.6 Å². The van der Waals surface area contributed by atoms with Crippen LogP contribution >= 0.6 is 0 Å². The van der Waals surface area contributed by atoms with Crippen LogP contribution in [-0.4, -0.2) is 52.7 Å². The summed E-state index contributed by atoms with van der Waals surface area (Å²) in [5, 5.41) is 10.0. The van der Waals surface area contributed by atoms with Gasteiger partial charge in [-0.15, -0.1) is 0 Å². The molecule has 23 heavy (non-hydrogen) atoms. The molecule has 0 aliphatic heterocycles. The summed E-state index contributed by atoms with van der Waals surface area (Å²) in [5.74, 6) is 1.15. The summed E-state index contributed by atoms with van der Waals surface area (Å²) in [5.41, 5.74) is 0. The molecule has 1 aliphatic carbocycles. The minimum atomic E-state index is -0.144. The predicted octanol–water partition coefficient (Wildman–Crippen LogP) is 1.25. The van der Waals surface area contributed by atoms with Crippen LogP contribution in [0.3, 0.4) is 0 Å². The van der Waals surface area contributed by atoms with Crippen molar-refractivity contribution in [3.05, 3.63) is 12.3 Å². The van der Waals surface area contributed by atoms with Gasteiger partial charge in [-0.2, -0.15) is 5.10 Å². The Bertz CT molecular complexity index is 550. The van der Waals surface area contributed by atoms with Gasteiger partial charge >= 0.3 is 0 Å². The van der Waals surface area contributed by atoms with Crippen molar-refractivity contribution in [1.29, 1.82) is 0 Å². The van der Waals surface area contributed by atoms with Crippen LogP contribution in [0.4, 0.5) is 5.82 Å². The quantitative estimate of drug-likeness (QED) is 0.755. The first-order valence-electron chi connectivity index (χ1n) is 8.18. The molecule has 0 saturated heterocycles. The average molecular weight is 321 g/mol. The molecule has 0 aromatic carbocycles. The normalized spacial score (nSPS) is 15.7. The van der Waals surface area contributed by atoms with Crippen LogP contribution in [-0.2, 0) is 9.59 Å². The number of rotatable bonds is 8. The highest BCUT2D eigenvalue weighted by Crippen LogP contribution is 2.40. The van der Waals surface area contributed by atoms with Gasteiger partial charge in [0.15, 0.2) is 0 Å². The summed E-state index contributed by atoms with van der Waals surface area (Å²) in [6, 6.07) is 2.21. The number of aromatic nitrogens is 2. The average Bonchev–Trinajstić information content (AvgIpc) is 3.17. The number of nitrogens with zero attached hydrogens (tertiary/aromatic N) is 3. The van der Waals surface area contributed by atoms with E-state index in [-0.39, 0.29) is 30.9 Å². The molecule has 128 valence electrons. The van der Waals surface area contributed by atoms with E-state index in [1.807, 2.05) is 24.6 Å². The Morgan fingerprint density at radius 3 is 2.57 bits per heavy atom. The number of carbonyl (C=O) groups is 2. The lowest BCUT2D eigenvalue weighted by atomic mass is 10.2. The number of hydrogen-bond acceptors (Lipinski definition) is 4. The standard InChI is InChI=1S/C16H27N5O2/c1-11(2)18-15(22)9-20(4)10-16(23)19-14-7-8-17-21(14)12(3)13-5-6-13/h7-8,11-13H,5-6,9-10H2,1-4H3,(H,18,22)(H,19,23)/t12-/m1/s1. The Morgan fingerprint density at radius 2 is 1.96 bits per heavy atom. The van der Waals surface area contributed by atoms with E-state index in [9.17, 15) is 9.59 Å². The Labute approximate surface area is 137 Å². The second-order valence-corrected chi connectivity index (χ2v) is 6.68. The van der Waals surface area contributed by atoms with Crippen molar-refractivity contribution in [3.63, 3.8) is 0 Å². The molecule has 1 fully saturated rings. The first kappa shape index (κ1) is 17.5. The predicted molar refractivity (Wildman–Crippen MR) is 89.1 cm³/mol. The zero-order valence-electron chi connectivity index (χ0n) is 14.4. The molecular formula is C16H27N5O2. The molecule has 1 aliphatic rings. The number of hydrogen-bond donors (Lipinski definition) is 2. The van der Waals surface area contributed by atoms with Crippen molar-refractivity contribution < 1.29 is 9.59 Å². The van der Waals surface area contributed by atoms with Crippen LogP contribution in [0.1, 0.15) is 39.7 Å². The van der Waals surface area contributed by atoms with Gasteiger partial charge in [0.1, 0.15) is 5.82 Å². The molecule has 0 radical (unpaired) electrons. The molecule has 1 heterocycles. The fourth-order valence-corrected chi connectivity index (χ4v) is 2.61. The van der Waals surface area contributed by atoms with E-state index in [4.69, 9.17) is 0 Å². The lowest BCUT2D eigenvalue weighted by Crippen LogP contribution is -2.41. The van der Waals surface area contributed by atoms with Crippen LogP contribution < -0.4 is 10.6 Å². The van der Waals surface area contributed by atoms with Crippen molar-refractivity contribution in [2.45, 2.75) is 45.7 Å². The molecular weight excluding hydrogens is 294 g/mol. The number of carbonyl (C=O) groups excluding carboxylic acids is 2. The zero-order chi connectivity index (χ0) is 17.0. The first-order valence-corrected chi connectivity index (χ1v) is 8.18. The van der Waals surface area contributed by atoms with Crippen LogP contribution in [0.2, 0.25) is 0 Å². The lowest BCUT2D eigenvalue weighted by molar-refractivity contribution is -0.123. The Balaban J connectivity index is 1.83. The lowest BCUT2D eigenvalue weighted by Gasteiger charge is -2.18. The van der Waals surface area contributed by atoms with Crippen LogP contribution in [0.5, 0.6) is 0 Å². The molecule has 2 rings (SSSR count). The maximum absolute atomic E-state index is 12.2. The second-order valence-electron chi connectivity index (χ2n) is 6.68. The van der Waals surface area contributed by atoms with E-state index in [1.54, 1.807) is 18.1 Å². The van der Waals surface area contributed by atoms with E-state index in [0.717, 1.165) is 5.82 Å². The van der Waals surface area contributed by atoms with Crippen LogP contribution in [0.25, 0.3) is 0 Å². The molecule has 0 spiro atoms. The third kappa shape index (κ3) is 5.35. The number of likely N-dealkylation sites (N-methyl/N-ethyl adjacent to an activating group) is 1. The summed E-state index contributed by atoms with van der Waals surface area (Å²) in [6.07, 6.45) is 4.15. The highest BCUT2D eigenvalue weighted by Gasteiger charge is 2.30. The van der Waals surface area contributed by atoms with E-state index >= 15 is 0 Å². The van der Waals surface area contributed by atoms with Gasteiger partial charge in [-0.25, -0.2) is 4.68 Å². The first-order chi connectivity index (χ1) is 10.9. The van der Waals surface area contributed by atoms with Crippen LogP contribution in [0.15, 0.2) is 12.3 Å². The summed E-state index contributed by atoms with van der Waals surface area (Å²) in [4.78, 5) is 25.5. The maximum Gasteiger partial charge on any atom is 0.239 e. The fraction of sp³-hybridized carbons (Fsp3) is 0.688. The molecule has 1 aromatic rings. The largest absolute Gasteiger partial charge is 0.353 e. The second kappa shape index (κ2) is 7.59. The third-order valence-corrected chi connectivity index (χ3v) is 3.90. The van der Waals surface area contributed by atoms with Crippen molar-refractivity contribution in [2.75, 3.05) is 25.5 Å². The SMILES string of the molecule is CC(C)NC(=O)CN(C)CC(=O)Nc1ccnn1[C@H](C)C1CC1. The molecule has 7 nitrogen and oxygen atoms in total. The molecule has 7 heteroatoms. The highest BCUT2D eigenvalue weighted by molar-refractivity contribution is 5.91. The minimum absolute atomic E-state index is 0.0808. The molecule has 1 saturated carbocycles. The van der Waals surface area contributed by atoms with Gasteiger partial charge in [-0.3, -0.25) is 14.5 Å². The van der Waals surface area contributed by atoms with Gasteiger partial charge in [0.25, 0.3) is 0 Å². The highest BCUT2D eigenvalue weighted by atomic mass is 16.2. The van der Waals surface area contributed by atoms with Crippen molar-refractivity contribution in [2.24, 2.45) is 5.92 Å². The Hall–Kier alpha value is -1.89. The molecule has 1 aromatic heterocycles. The Morgan fingerprint density at radius 1 is 1.30 bits per heavy atom. The zero-order valence-corrected chi connectivity index (χ0v) is 14.4. The summed E-state index contributed by atoms with van der Waals surface area (Å²) in [7, 11) is 1.75. The molecule has 1 atom stereocenters. The van der Waals surface area contributed by atoms with Crippen molar-refractivity contribution in [3.8, 4) is 0 Å². The van der Waals surface area contributed by atoms with E-state index in [0.29, 0.717) is 12.0 Å². The monoisotopic (exact) mass is 321 g/mol. The topological polar surface area (TPSA) is 79.3 Å². The number of anilines is 1. The fourth-order valence-electron chi connectivity index (χ4n) is 2.61. The van der Waals surface area contributed by atoms with E-state index in [2.05, 4.69) is 22.7 Å². The molecule has 0 unspecified atom stereocenters. The van der Waals surface area contributed by atoms with Gasteiger partial charge in [0.05, 0.1) is 25.3 Å². The number of nitrogens with one attached hydrogen (secondary N) is 2. The van der Waals surface area contributed by atoms with Crippen molar-refractivity contribution >= 4 is 17.6 Å².